The molecular weight excluding hydrogens is 228 g/mol. The normalized spacial score (nSPS) is 10.1. The van der Waals surface area contributed by atoms with Crippen LogP contribution in [0, 0.1) is 0 Å². The summed E-state index contributed by atoms with van der Waals surface area (Å²) in [5.41, 5.74) is 0.604. The molecule has 1 heterocycles. The maximum absolute atomic E-state index is 11.4. The highest BCUT2D eigenvalue weighted by Gasteiger charge is 2.02. The number of halogens is 1. The van der Waals surface area contributed by atoms with Gasteiger partial charge in [0.1, 0.15) is 6.61 Å². The lowest BCUT2D eigenvalue weighted by atomic mass is 10.2. The second-order valence-electron chi connectivity index (χ2n) is 3.14. The number of nitrogens with zero attached hydrogens (tertiary/aromatic N) is 1. The molecule has 0 radical (unpaired) electrons. The van der Waals surface area contributed by atoms with Crippen molar-refractivity contribution in [1.82, 2.24) is 9.97 Å². The molecule has 0 aliphatic heterocycles. The fourth-order valence-electron chi connectivity index (χ4n) is 1.20. The van der Waals surface area contributed by atoms with Crippen LogP contribution in [0.15, 0.2) is 41.3 Å². The molecule has 0 spiro atoms. The summed E-state index contributed by atoms with van der Waals surface area (Å²) >= 11 is 5.51. The van der Waals surface area contributed by atoms with Gasteiger partial charge in [-0.1, -0.05) is 30.3 Å². The molecular formula is C11H9ClN2O2. The van der Waals surface area contributed by atoms with Gasteiger partial charge >= 0.3 is 0 Å². The predicted octanol–water partition coefficient (Wildman–Crippen LogP) is 2.00. The monoisotopic (exact) mass is 236 g/mol. The Hall–Kier alpha value is -1.81. The van der Waals surface area contributed by atoms with E-state index in [1.165, 1.54) is 6.20 Å². The lowest BCUT2D eigenvalue weighted by Crippen LogP contribution is -2.11. The van der Waals surface area contributed by atoms with Crippen molar-refractivity contribution in [3.05, 3.63) is 57.7 Å². The Morgan fingerprint density at radius 3 is 2.75 bits per heavy atom. The Morgan fingerprint density at radius 2 is 2.06 bits per heavy atom. The summed E-state index contributed by atoms with van der Waals surface area (Å²) in [5, 5.41) is 0.0528. The van der Waals surface area contributed by atoms with Crippen molar-refractivity contribution >= 4 is 11.6 Å². The van der Waals surface area contributed by atoms with Crippen molar-refractivity contribution in [3.8, 4) is 5.75 Å². The molecule has 5 heteroatoms. The average molecular weight is 237 g/mol. The van der Waals surface area contributed by atoms with Crippen LogP contribution in [0.1, 0.15) is 5.56 Å². The number of aromatic amines is 1. The molecule has 2 rings (SSSR count). The van der Waals surface area contributed by atoms with Gasteiger partial charge in [0.05, 0.1) is 6.20 Å². The largest absolute Gasteiger partial charge is 0.482 e. The summed E-state index contributed by atoms with van der Waals surface area (Å²) < 4.78 is 5.31. The molecule has 0 aliphatic carbocycles. The summed E-state index contributed by atoms with van der Waals surface area (Å²) in [5.74, 6) is 0.160. The fourth-order valence-corrected chi connectivity index (χ4v) is 1.33. The number of hydrogen-bond acceptors (Lipinski definition) is 3. The van der Waals surface area contributed by atoms with E-state index in [1.807, 2.05) is 30.3 Å². The standard InChI is InChI=1S/C11H9ClN2O2/c12-11-13-6-9(10(15)14-11)16-7-8-4-2-1-3-5-8/h1-6H,7H2,(H,13,14,15). The second kappa shape index (κ2) is 4.81. The minimum Gasteiger partial charge on any atom is -0.482 e. The number of hydrogen-bond donors (Lipinski definition) is 1. The van der Waals surface area contributed by atoms with E-state index in [4.69, 9.17) is 16.3 Å². The van der Waals surface area contributed by atoms with Gasteiger partial charge in [-0.25, -0.2) is 4.98 Å². The highest BCUT2D eigenvalue weighted by Crippen LogP contribution is 2.06. The zero-order valence-corrected chi connectivity index (χ0v) is 9.07. The topological polar surface area (TPSA) is 55.0 Å². The zero-order chi connectivity index (χ0) is 11.4. The van der Waals surface area contributed by atoms with Crippen molar-refractivity contribution in [3.63, 3.8) is 0 Å². The summed E-state index contributed by atoms with van der Waals surface area (Å²) in [6.45, 7) is 0.327. The second-order valence-corrected chi connectivity index (χ2v) is 3.50. The van der Waals surface area contributed by atoms with E-state index in [1.54, 1.807) is 0 Å². The number of aromatic nitrogens is 2. The van der Waals surface area contributed by atoms with Gasteiger partial charge in [-0.2, -0.15) is 0 Å². The van der Waals surface area contributed by atoms with Gasteiger partial charge in [-0.15, -0.1) is 0 Å². The quantitative estimate of drug-likeness (QED) is 0.830. The molecule has 82 valence electrons. The highest BCUT2D eigenvalue weighted by atomic mass is 35.5. The van der Waals surface area contributed by atoms with E-state index in [0.717, 1.165) is 5.56 Å². The van der Waals surface area contributed by atoms with Gasteiger partial charge in [-0.3, -0.25) is 9.78 Å². The van der Waals surface area contributed by atoms with Gasteiger partial charge in [0.15, 0.2) is 0 Å². The van der Waals surface area contributed by atoms with Crippen LogP contribution in [0.3, 0.4) is 0 Å². The Balaban J connectivity index is 2.08. The Labute approximate surface area is 96.9 Å². The van der Waals surface area contributed by atoms with Gasteiger partial charge < -0.3 is 4.74 Å². The van der Waals surface area contributed by atoms with Crippen LogP contribution in [0.4, 0.5) is 0 Å². The first-order valence-electron chi connectivity index (χ1n) is 4.67. The van der Waals surface area contributed by atoms with Gasteiger partial charge in [0.25, 0.3) is 5.56 Å². The lowest BCUT2D eigenvalue weighted by molar-refractivity contribution is 0.300. The summed E-state index contributed by atoms with van der Waals surface area (Å²) in [6, 6.07) is 9.56. The molecule has 1 N–H and O–H groups in total. The zero-order valence-electron chi connectivity index (χ0n) is 8.31. The van der Waals surface area contributed by atoms with Crippen LogP contribution < -0.4 is 10.3 Å². The van der Waals surface area contributed by atoms with E-state index in [9.17, 15) is 4.79 Å². The van der Waals surface area contributed by atoms with Gasteiger partial charge in [-0.05, 0) is 17.2 Å². The van der Waals surface area contributed by atoms with Crippen LogP contribution in [-0.4, -0.2) is 9.97 Å². The third-order valence-corrected chi connectivity index (χ3v) is 2.16. The summed E-state index contributed by atoms with van der Waals surface area (Å²) in [6.07, 6.45) is 1.31. The third kappa shape index (κ3) is 2.61. The Morgan fingerprint density at radius 1 is 1.31 bits per heavy atom. The SMILES string of the molecule is O=c1[nH]c(Cl)ncc1OCc1ccccc1. The van der Waals surface area contributed by atoms with Crippen LogP contribution in [-0.2, 0) is 6.61 Å². The number of rotatable bonds is 3. The molecule has 1 aromatic carbocycles. The van der Waals surface area contributed by atoms with Crippen LogP contribution in [0.5, 0.6) is 5.75 Å². The smallest absolute Gasteiger partial charge is 0.294 e. The van der Waals surface area contributed by atoms with Crippen LogP contribution >= 0.6 is 11.6 Å². The minimum atomic E-state index is -0.379. The van der Waals surface area contributed by atoms with E-state index in [2.05, 4.69) is 9.97 Å². The lowest BCUT2D eigenvalue weighted by Gasteiger charge is -2.04. The van der Waals surface area contributed by atoms with Crippen molar-refractivity contribution < 1.29 is 4.74 Å². The molecule has 0 bridgehead atoms. The van der Waals surface area contributed by atoms with Crippen molar-refractivity contribution in [2.45, 2.75) is 6.61 Å². The maximum Gasteiger partial charge on any atom is 0.294 e. The van der Waals surface area contributed by atoms with E-state index in [0.29, 0.717) is 6.61 Å². The molecule has 0 amide bonds. The Kier molecular flexibility index (Phi) is 3.22. The first kappa shape index (κ1) is 10.7. The van der Waals surface area contributed by atoms with Crippen LogP contribution in [0.2, 0.25) is 5.28 Å². The Bertz CT molecular complexity index is 525. The third-order valence-electron chi connectivity index (χ3n) is 1.97. The van der Waals surface area contributed by atoms with Crippen molar-refractivity contribution in [2.75, 3.05) is 0 Å². The molecule has 0 aliphatic rings. The number of H-pyrrole nitrogens is 1. The summed E-state index contributed by atoms with van der Waals surface area (Å²) in [4.78, 5) is 17.4. The molecule has 0 atom stereocenters. The molecule has 1 aromatic heterocycles. The maximum atomic E-state index is 11.4. The number of ether oxygens (including phenoxy) is 1. The molecule has 0 fully saturated rings. The minimum absolute atomic E-state index is 0.0528. The predicted molar refractivity (Wildman–Crippen MR) is 60.6 cm³/mol. The molecule has 2 aromatic rings. The van der Waals surface area contributed by atoms with Crippen molar-refractivity contribution in [2.24, 2.45) is 0 Å². The fraction of sp³-hybridized carbons (Fsp3) is 0.0909. The van der Waals surface area contributed by atoms with Gasteiger partial charge in [0, 0.05) is 0 Å². The van der Waals surface area contributed by atoms with Gasteiger partial charge in [0.2, 0.25) is 11.0 Å². The average Bonchev–Trinajstić information content (AvgIpc) is 2.29. The van der Waals surface area contributed by atoms with E-state index < -0.39 is 0 Å². The molecule has 4 nitrogen and oxygen atoms in total. The molecule has 0 saturated carbocycles. The summed E-state index contributed by atoms with van der Waals surface area (Å²) in [7, 11) is 0. The van der Waals surface area contributed by atoms with E-state index >= 15 is 0 Å². The van der Waals surface area contributed by atoms with Crippen LogP contribution in [0.25, 0.3) is 0 Å². The molecule has 0 unspecified atom stereocenters. The molecule has 0 saturated heterocycles. The first-order valence-corrected chi connectivity index (χ1v) is 5.05. The number of benzene rings is 1. The van der Waals surface area contributed by atoms with Crippen molar-refractivity contribution in [1.29, 1.82) is 0 Å². The highest BCUT2D eigenvalue weighted by molar-refractivity contribution is 6.28. The first-order chi connectivity index (χ1) is 7.75. The molecule has 16 heavy (non-hydrogen) atoms. The number of nitrogens with one attached hydrogen (secondary N) is 1. The van der Waals surface area contributed by atoms with E-state index in [-0.39, 0.29) is 16.6 Å².